The fraction of sp³-hybridized carbons (Fsp3) is 0.243. The van der Waals surface area contributed by atoms with E-state index >= 15 is 0 Å². The van der Waals surface area contributed by atoms with E-state index in [1.54, 1.807) is 125 Å². The van der Waals surface area contributed by atoms with Crippen LogP contribution in [0.15, 0.2) is 135 Å². The monoisotopic (exact) mass is 1420 g/mol. The van der Waals surface area contributed by atoms with Gasteiger partial charge in [-0.1, -0.05) is 37.4 Å². The van der Waals surface area contributed by atoms with Gasteiger partial charge in [-0.2, -0.15) is 0 Å². The van der Waals surface area contributed by atoms with Crippen molar-refractivity contribution in [3.63, 3.8) is 0 Å². The Morgan fingerprint density at radius 2 is 0.610 bits per heavy atom. The average molecular weight is 1420 g/mol. The minimum Gasteiger partial charge on any atom is -0.497 e. The summed E-state index contributed by atoms with van der Waals surface area (Å²) in [6.07, 6.45) is 12.3. The molecule has 0 fully saturated rings. The lowest BCUT2D eigenvalue weighted by Crippen LogP contribution is -1.99. The summed E-state index contributed by atoms with van der Waals surface area (Å²) in [6.45, 7) is 25.3. The van der Waals surface area contributed by atoms with Gasteiger partial charge in [-0.25, -0.2) is 59.8 Å². The summed E-state index contributed by atoms with van der Waals surface area (Å²) in [6, 6.07) is 31.1. The number of aryl methyl sites for hydroxylation is 8. The summed E-state index contributed by atoms with van der Waals surface area (Å²) < 4.78 is 31.5. The second kappa shape index (κ2) is 35.9. The zero-order valence-electron chi connectivity index (χ0n) is 58.4. The quantitative estimate of drug-likeness (QED) is 0.0438. The summed E-state index contributed by atoms with van der Waals surface area (Å²) in [7, 11) is 9.86. The van der Waals surface area contributed by atoms with Gasteiger partial charge < -0.3 is 49.7 Å². The summed E-state index contributed by atoms with van der Waals surface area (Å²) >= 11 is 6.43. The summed E-state index contributed by atoms with van der Waals surface area (Å²) in [4.78, 5) is 58.5. The standard InChI is InChI=1S/C19H22N4O3S.C19H22N4OS.C18H18N4O2S.C18H18N4S/c1-12-17(6-8-24-2)27-18(21-12)16-5-7-20-19(23-16)22-13-9-14(25-3)11-15(10-13)26-4;1-12-9-13(2)11-15(10-12)22-19-20-7-5-16(23-19)18-21-14(3)17(25-18)6-8-24-4;1-5-16-11(2)20-17(25-16)15-6-7-19-18(22-15)21-12-8-13(23-3)10-14(9-12)24-4;1-5-16-13(4)20-17(23-16)15-6-7-19-18(22-15)21-14-9-11(2)8-12(3)10-14/h5,7,9-11H,6,8H2,1-4H3,(H,20,22,23);5,7,9-11H,6,8H2,1-4H3,(H,20,22,23);5-10H,1H2,2-4H3,(H,19,21,22);5-10H,1H2,2-4H3,(H,19,21,22). The smallest absolute Gasteiger partial charge is 0.227 e. The molecule has 26 heteroatoms. The van der Waals surface area contributed by atoms with Crippen molar-refractivity contribution < 1.29 is 28.4 Å². The van der Waals surface area contributed by atoms with Gasteiger partial charge in [0.2, 0.25) is 23.8 Å². The highest BCUT2D eigenvalue weighted by Crippen LogP contribution is 2.34. The Morgan fingerprint density at radius 1 is 0.340 bits per heavy atom. The second-order valence-corrected chi connectivity index (χ2v) is 26.6. The number of hydrogen-bond donors (Lipinski definition) is 4. The fourth-order valence-corrected chi connectivity index (χ4v) is 13.7. The Morgan fingerprint density at radius 3 is 0.870 bits per heavy atom. The highest BCUT2D eigenvalue weighted by Gasteiger charge is 2.17. The summed E-state index contributed by atoms with van der Waals surface area (Å²) in [5.74, 6) is 4.84. The first-order valence-corrected chi connectivity index (χ1v) is 34.8. The minimum atomic E-state index is 0.473. The largest absolute Gasteiger partial charge is 0.497 e. The van der Waals surface area contributed by atoms with E-state index in [2.05, 4.69) is 158 Å². The lowest BCUT2D eigenvalue weighted by atomic mass is 10.1. The molecule has 8 heterocycles. The lowest BCUT2D eigenvalue weighted by molar-refractivity contribution is 0.202. The number of nitrogens with one attached hydrogen (secondary N) is 4. The van der Waals surface area contributed by atoms with E-state index in [0.717, 1.165) is 111 Å². The van der Waals surface area contributed by atoms with E-state index in [0.29, 0.717) is 60.0 Å². The van der Waals surface area contributed by atoms with E-state index in [9.17, 15) is 0 Å². The van der Waals surface area contributed by atoms with Gasteiger partial charge in [-0.05, 0) is 126 Å². The topological polar surface area (TPSA) is 258 Å². The van der Waals surface area contributed by atoms with Gasteiger partial charge in [0.15, 0.2) is 0 Å². The van der Waals surface area contributed by atoms with Crippen LogP contribution in [0.3, 0.4) is 0 Å². The van der Waals surface area contributed by atoms with Crippen LogP contribution in [0.25, 0.3) is 55.0 Å². The summed E-state index contributed by atoms with van der Waals surface area (Å²) in [5.41, 5.74) is 15.5. The molecule has 0 bridgehead atoms. The molecular formula is C74H80N16O6S4. The molecule has 0 saturated carbocycles. The number of nitrogens with zero attached hydrogens (tertiary/aromatic N) is 12. The Hall–Kier alpha value is -10.5. The number of thiazole rings is 4. The number of methoxy groups -OCH3 is 6. The molecule has 8 aromatic heterocycles. The number of rotatable bonds is 24. The number of anilines is 8. The molecular weight excluding hydrogens is 1340 g/mol. The van der Waals surface area contributed by atoms with Crippen LogP contribution in [-0.4, -0.2) is 116 Å². The van der Waals surface area contributed by atoms with Gasteiger partial charge in [-0.15, -0.1) is 45.3 Å². The molecule has 12 rings (SSSR count). The Labute approximate surface area is 599 Å². The number of ether oxygens (including phenoxy) is 6. The zero-order valence-corrected chi connectivity index (χ0v) is 61.7. The van der Waals surface area contributed by atoms with Crippen LogP contribution in [0.5, 0.6) is 23.0 Å². The minimum absolute atomic E-state index is 0.473. The highest BCUT2D eigenvalue weighted by atomic mass is 32.1. The Kier molecular flexibility index (Phi) is 26.4. The molecule has 100 heavy (non-hydrogen) atoms. The van der Waals surface area contributed by atoms with Crippen molar-refractivity contribution in [1.29, 1.82) is 0 Å². The first kappa shape index (κ1) is 73.8. The molecule has 0 unspecified atom stereocenters. The third-order valence-corrected chi connectivity index (χ3v) is 19.4. The third-order valence-electron chi connectivity index (χ3n) is 14.6. The molecule has 4 N–H and O–H groups in total. The molecule has 0 spiro atoms. The van der Waals surface area contributed by atoms with Crippen molar-refractivity contribution in [2.24, 2.45) is 0 Å². The number of hydrogen-bond acceptors (Lipinski definition) is 26. The van der Waals surface area contributed by atoms with E-state index in [-0.39, 0.29) is 0 Å². The normalized spacial score (nSPS) is 10.6. The molecule has 0 amide bonds. The van der Waals surface area contributed by atoms with E-state index in [1.165, 1.54) is 32.0 Å². The average Bonchev–Trinajstić information content (AvgIpc) is 1.61. The SMILES string of the molecule is C=Cc1sc(-c2ccnc(Nc3cc(C)cc(C)c3)n2)nc1C.C=Cc1sc(-c2ccnc(Nc3cc(OC)cc(OC)c3)n2)nc1C.COCCc1sc(-c2ccnc(Nc3cc(C)cc(C)c3)n2)nc1C.COCCc1sc(-c2ccnc(Nc3cc(OC)cc(OC)c3)n2)nc1C. The molecule has 22 nitrogen and oxygen atoms in total. The molecule has 516 valence electrons. The van der Waals surface area contributed by atoms with Gasteiger partial charge in [0.25, 0.3) is 0 Å². The van der Waals surface area contributed by atoms with E-state index in [4.69, 9.17) is 28.4 Å². The van der Waals surface area contributed by atoms with Crippen LogP contribution >= 0.6 is 45.3 Å². The molecule has 0 radical (unpaired) electrons. The van der Waals surface area contributed by atoms with Crippen molar-refractivity contribution in [2.45, 2.75) is 68.2 Å². The van der Waals surface area contributed by atoms with Crippen molar-refractivity contribution >= 4 is 104 Å². The van der Waals surface area contributed by atoms with E-state index < -0.39 is 0 Å². The predicted octanol–water partition coefficient (Wildman–Crippen LogP) is 17.5. The molecule has 0 atom stereocenters. The first-order valence-electron chi connectivity index (χ1n) is 31.5. The van der Waals surface area contributed by atoms with E-state index in [1.807, 2.05) is 88.4 Å². The van der Waals surface area contributed by atoms with Crippen molar-refractivity contribution in [2.75, 3.05) is 77.1 Å². The van der Waals surface area contributed by atoms with Crippen LogP contribution in [-0.2, 0) is 22.3 Å². The van der Waals surface area contributed by atoms with Gasteiger partial charge in [0.05, 0.1) is 64.4 Å². The summed E-state index contributed by atoms with van der Waals surface area (Å²) in [5, 5.41) is 16.4. The van der Waals surface area contributed by atoms with Gasteiger partial charge in [-0.3, -0.25) is 0 Å². The number of aromatic nitrogens is 12. The maximum atomic E-state index is 5.30. The lowest BCUT2D eigenvalue weighted by Gasteiger charge is -2.10. The van der Waals surface area contributed by atoms with Crippen molar-refractivity contribution in [3.05, 3.63) is 200 Å². The highest BCUT2D eigenvalue weighted by molar-refractivity contribution is 7.16. The molecule has 0 aliphatic rings. The fourth-order valence-electron chi connectivity index (χ4n) is 9.86. The molecule has 0 aliphatic carbocycles. The predicted molar refractivity (Wildman–Crippen MR) is 407 cm³/mol. The van der Waals surface area contributed by atoms with Crippen LogP contribution in [0, 0.1) is 55.4 Å². The van der Waals surface area contributed by atoms with Gasteiger partial charge in [0.1, 0.15) is 65.8 Å². The Bertz CT molecular complexity index is 4660. The van der Waals surface area contributed by atoms with Crippen molar-refractivity contribution in [1.82, 2.24) is 59.8 Å². The number of benzene rings is 4. The van der Waals surface area contributed by atoms with Crippen LogP contribution < -0.4 is 40.2 Å². The van der Waals surface area contributed by atoms with Gasteiger partial charge >= 0.3 is 0 Å². The van der Waals surface area contributed by atoms with Gasteiger partial charge in [0, 0.05) is 131 Å². The van der Waals surface area contributed by atoms with Crippen LogP contribution in [0.4, 0.5) is 46.5 Å². The molecule has 0 aliphatic heterocycles. The molecule has 0 saturated heterocycles. The first-order chi connectivity index (χ1) is 48.3. The van der Waals surface area contributed by atoms with Crippen molar-refractivity contribution in [3.8, 4) is 65.8 Å². The second-order valence-electron chi connectivity index (χ2n) is 22.4. The maximum absolute atomic E-state index is 5.30. The maximum Gasteiger partial charge on any atom is 0.227 e. The zero-order chi connectivity index (χ0) is 71.2. The third kappa shape index (κ3) is 20.8. The molecule has 12 aromatic rings. The van der Waals surface area contributed by atoms with Crippen LogP contribution in [0.2, 0.25) is 0 Å². The van der Waals surface area contributed by atoms with Crippen LogP contribution in [0.1, 0.15) is 64.5 Å². The Balaban J connectivity index is 0.000000156. The molecule has 4 aromatic carbocycles.